The van der Waals surface area contributed by atoms with Gasteiger partial charge in [-0.15, -0.1) is 0 Å². The standard InChI is InChI=1S/C16H19N5O.C2H6.H2/c1-4-13(14-7-5-6-8-17-14)11-19-12(2)20-16(22)15-18-9-10-21(15)3;1-2;/h4-12H,1-3H3,(H,20,22);1-2H3;1H/b13-4+,19-11-;;. The highest BCUT2D eigenvalue weighted by Gasteiger charge is 2.12. The van der Waals surface area contributed by atoms with E-state index < -0.39 is 0 Å². The number of carbonyl (C=O) groups is 1. The lowest BCUT2D eigenvalue weighted by Crippen LogP contribution is -2.33. The van der Waals surface area contributed by atoms with Gasteiger partial charge >= 0.3 is 0 Å². The molecule has 130 valence electrons. The van der Waals surface area contributed by atoms with E-state index in [1.165, 1.54) is 0 Å². The van der Waals surface area contributed by atoms with Crippen LogP contribution in [0.2, 0.25) is 0 Å². The van der Waals surface area contributed by atoms with Crippen LogP contribution >= 0.6 is 0 Å². The molecule has 2 heterocycles. The average Bonchev–Trinajstić information content (AvgIpc) is 3.04. The highest BCUT2D eigenvalue weighted by Crippen LogP contribution is 2.08. The van der Waals surface area contributed by atoms with Gasteiger partial charge in [0.25, 0.3) is 5.91 Å². The molecule has 0 aliphatic carbocycles. The lowest BCUT2D eigenvalue weighted by Gasteiger charge is -2.09. The lowest BCUT2D eigenvalue weighted by molar-refractivity contribution is 0.0928. The predicted octanol–water partition coefficient (Wildman–Crippen LogP) is 3.34. The van der Waals surface area contributed by atoms with Gasteiger partial charge in [0.15, 0.2) is 5.82 Å². The first-order valence-electron chi connectivity index (χ1n) is 8.01. The number of pyridine rings is 1. The van der Waals surface area contributed by atoms with Gasteiger partial charge in [0, 0.05) is 38.9 Å². The number of imidazole rings is 1. The monoisotopic (exact) mass is 329 g/mol. The normalized spacial score (nSPS) is 12.5. The molecule has 0 radical (unpaired) electrons. The maximum atomic E-state index is 12.0. The summed E-state index contributed by atoms with van der Waals surface area (Å²) in [5, 5.41) is 2.79. The Labute approximate surface area is 144 Å². The van der Waals surface area contributed by atoms with Crippen LogP contribution in [0.1, 0.15) is 45.4 Å². The first-order valence-corrected chi connectivity index (χ1v) is 8.01. The number of aryl methyl sites for hydroxylation is 1. The van der Waals surface area contributed by atoms with Gasteiger partial charge in [-0.3, -0.25) is 14.8 Å². The van der Waals surface area contributed by atoms with Crippen LogP contribution in [-0.2, 0) is 7.05 Å². The first-order chi connectivity index (χ1) is 11.6. The van der Waals surface area contributed by atoms with Crippen molar-refractivity contribution in [1.29, 1.82) is 0 Å². The third kappa shape index (κ3) is 5.46. The maximum Gasteiger partial charge on any atom is 0.288 e. The summed E-state index contributed by atoms with van der Waals surface area (Å²) in [7, 11) is 1.77. The second-order valence-electron chi connectivity index (χ2n) is 4.75. The van der Waals surface area contributed by atoms with Crippen LogP contribution in [-0.4, -0.2) is 32.8 Å². The molecule has 24 heavy (non-hydrogen) atoms. The van der Waals surface area contributed by atoms with Gasteiger partial charge < -0.3 is 9.88 Å². The van der Waals surface area contributed by atoms with Crippen LogP contribution in [0.25, 0.3) is 5.57 Å². The molecular formula is C18H27N5O. The fraction of sp³-hybridized carbons (Fsp3) is 0.333. The smallest absolute Gasteiger partial charge is 0.288 e. The number of carbonyl (C=O) groups excluding carboxylic acids is 1. The Morgan fingerprint density at radius 2 is 2.08 bits per heavy atom. The van der Waals surface area contributed by atoms with Crippen LogP contribution < -0.4 is 5.32 Å². The van der Waals surface area contributed by atoms with E-state index in [-0.39, 0.29) is 13.5 Å². The molecule has 6 nitrogen and oxygen atoms in total. The van der Waals surface area contributed by atoms with E-state index in [9.17, 15) is 4.79 Å². The van der Waals surface area contributed by atoms with E-state index >= 15 is 0 Å². The van der Waals surface area contributed by atoms with Crippen molar-refractivity contribution in [3.05, 3.63) is 54.4 Å². The van der Waals surface area contributed by atoms with Gasteiger partial charge in [0.2, 0.25) is 0 Å². The molecule has 0 aliphatic heterocycles. The largest absolute Gasteiger partial charge is 0.330 e. The Bertz CT molecular complexity index is 695. The summed E-state index contributed by atoms with van der Waals surface area (Å²) in [5.41, 5.74) is 1.75. The van der Waals surface area contributed by atoms with E-state index in [2.05, 4.69) is 20.3 Å². The van der Waals surface area contributed by atoms with Crippen molar-refractivity contribution in [2.24, 2.45) is 12.0 Å². The number of nitrogens with one attached hydrogen (secondary N) is 1. The Morgan fingerprint density at radius 1 is 1.33 bits per heavy atom. The van der Waals surface area contributed by atoms with Crippen LogP contribution in [0, 0.1) is 0 Å². The topological polar surface area (TPSA) is 72.2 Å². The Kier molecular flexibility index (Phi) is 8.11. The molecule has 0 saturated carbocycles. The number of aromatic nitrogens is 3. The van der Waals surface area contributed by atoms with Crippen molar-refractivity contribution in [3.63, 3.8) is 0 Å². The summed E-state index contributed by atoms with van der Waals surface area (Å²) in [6.07, 6.45) is 8.33. The summed E-state index contributed by atoms with van der Waals surface area (Å²) in [6.45, 7) is 7.73. The third-order valence-electron chi connectivity index (χ3n) is 3.07. The molecule has 0 bridgehead atoms. The van der Waals surface area contributed by atoms with Crippen molar-refractivity contribution in [1.82, 2.24) is 19.9 Å². The average molecular weight is 329 g/mol. The number of allylic oxidation sites excluding steroid dienone is 2. The molecule has 0 fully saturated rings. The maximum absolute atomic E-state index is 12.0. The molecule has 0 spiro atoms. The summed E-state index contributed by atoms with van der Waals surface area (Å²) < 4.78 is 1.66. The molecule has 2 aromatic rings. The lowest BCUT2D eigenvalue weighted by atomic mass is 10.2. The summed E-state index contributed by atoms with van der Waals surface area (Å²) >= 11 is 0. The van der Waals surface area contributed by atoms with E-state index in [1.807, 2.05) is 52.0 Å². The highest BCUT2D eigenvalue weighted by molar-refractivity contribution is 6.08. The number of aliphatic imine (C=N–C) groups is 1. The van der Waals surface area contributed by atoms with E-state index in [4.69, 9.17) is 0 Å². The fourth-order valence-corrected chi connectivity index (χ4v) is 1.89. The number of hydrogen-bond acceptors (Lipinski definition) is 4. The third-order valence-corrected chi connectivity index (χ3v) is 3.07. The van der Waals surface area contributed by atoms with Crippen LogP contribution in [0.5, 0.6) is 0 Å². The molecular weight excluding hydrogens is 302 g/mol. The van der Waals surface area contributed by atoms with Gasteiger partial charge in [0.05, 0.1) is 5.69 Å². The zero-order valence-electron chi connectivity index (χ0n) is 14.9. The molecule has 6 heteroatoms. The van der Waals surface area contributed by atoms with E-state index in [1.54, 1.807) is 36.4 Å². The predicted molar refractivity (Wildman–Crippen MR) is 100.0 cm³/mol. The molecule has 1 N–H and O–H groups in total. The Morgan fingerprint density at radius 3 is 2.62 bits per heavy atom. The van der Waals surface area contributed by atoms with Crippen LogP contribution in [0.4, 0.5) is 0 Å². The molecule has 1 unspecified atom stereocenters. The Balaban J connectivity index is 0.00000185. The number of amides is 1. The van der Waals surface area contributed by atoms with E-state index in [0.717, 1.165) is 11.3 Å². The minimum absolute atomic E-state index is 0. The van der Waals surface area contributed by atoms with Crippen molar-refractivity contribution >= 4 is 17.7 Å². The van der Waals surface area contributed by atoms with Crippen molar-refractivity contribution in [2.45, 2.75) is 33.9 Å². The molecule has 1 atom stereocenters. The highest BCUT2D eigenvalue weighted by atomic mass is 16.2. The minimum atomic E-state index is -0.358. The van der Waals surface area contributed by atoms with Gasteiger partial charge in [-0.1, -0.05) is 26.0 Å². The van der Waals surface area contributed by atoms with Crippen molar-refractivity contribution < 1.29 is 6.22 Å². The van der Waals surface area contributed by atoms with E-state index in [0.29, 0.717) is 5.82 Å². The fourth-order valence-electron chi connectivity index (χ4n) is 1.89. The summed E-state index contributed by atoms with van der Waals surface area (Å²) in [4.78, 5) is 24.7. The second kappa shape index (κ2) is 10.1. The summed E-state index contributed by atoms with van der Waals surface area (Å²) in [5.74, 6) is 0.107. The number of nitrogens with zero attached hydrogens (tertiary/aromatic N) is 4. The molecule has 2 aromatic heterocycles. The molecule has 2 rings (SSSR count). The van der Waals surface area contributed by atoms with Crippen molar-refractivity contribution in [2.75, 3.05) is 0 Å². The number of rotatable bonds is 5. The summed E-state index contributed by atoms with van der Waals surface area (Å²) in [6, 6.07) is 5.70. The SMILES string of the molecule is C/C=C(\C=N/C(C)NC(=O)c1nccn1C)c1ccccn1.CC.[HH]. The van der Waals surface area contributed by atoms with Crippen LogP contribution in [0.15, 0.2) is 47.9 Å². The van der Waals surface area contributed by atoms with Crippen molar-refractivity contribution in [3.8, 4) is 0 Å². The Hall–Kier alpha value is -2.76. The first kappa shape index (κ1) is 19.3. The van der Waals surface area contributed by atoms with Gasteiger partial charge in [0.1, 0.15) is 6.17 Å². The molecule has 0 aliphatic rings. The minimum Gasteiger partial charge on any atom is -0.330 e. The van der Waals surface area contributed by atoms with Gasteiger partial charge in [-0.25, -0.2) is 4.98 Å². The quantitative estimate of drug-likeness (QED) is 0.855. The van der Waals surface area contributed by atoms with Gasteiger partial charge in [-0.2, -0.15) is 0 Å². The zero-order chi connectivity index (χ0) is 17.9. The van der Waals surface area contributed by atoms with Gasteiger partial charge in [-0.05, 0) is 26.0 Å². The molecule has 1 amide bonds. The second-order valence-corrected chi connectivity index (χ2v) is 4.75. The van der Waals surface area contributed by atoms with Crippen LogP contribution in [0.3, 0.4) is 0 Å². The molecule has 0 aromatic carbocycles. The molecule has 0 saturated heterocycles. The zero-order valence-corrected chi connectivity index (χ0v) is 14.9. The number of hydrogen-bond donors (Lipinski definition) is 1.